The molecule has 0 fully saturated rings. The molecule has 3 heterocycles. The number of nitrogens with zero attached hydrogens (tertiary/aromatic N) is 2. The Labute approximate surface area is 142 Å². The van der Waals surface area contributed by atoms with Crippen molar-refractivity contribution in [1.29, 1.82) is 0 Å². The molecular formula is C17H13ClFN3S. The van der Waals surface area contributed by atoms with Gasteiger partial charge in [-0.15, -0.1) is 0 Å². The zero-order valence-electron chi connectivity index (χ0n) is 12.1. The first-order valence-corrected chi connectivity index (χ1v) is 8.41. The van der Waals surface area contributed by atoms with E-state index < -0.39 is 5.13 Å². The fourth-order valence-corrected chi connectivity index (χ4v) is 4.66. The number of alkyl halides is 2. The lowest BCUT2D eigenvalue weighted by Crippen LogP contribution is -2.32. The summed E-state index contributed by atoms with van der Waals surface area (Å²) in [4.78, 5) is 5.29. The number of hydrogen-bond acceptors (Lipinski definition) is 2. The summed E-state index contributed by atoms with van der Waals surface area (Å²) in [5, 5.41) is 1.44. The minimum absolute atomic E-state index is 0.00799. The van der Waals surface area contributed by atoms with Crippen LogP contribution in [0.1, 0.15) is 30.7 Å². The van der Waals surface area contributed by atoms with Crippen molar-refractivity contribution in [2.75, 3.05) is 0 Å². The molecule has 3 aliphatic rings. The standard InChI is InChI=1S/C17H13ClFN3S/c18-17(19)7-3-4-9-14(17)13-8-11(21-16(9)23)15-20-10-5-1-2-6-12(10)22(13)15/h1-6,11,13H,7-8H2,(H,21,23)/t11-,13-,17?/m1/s1. The third-order valence-electron chi connectivity index (χ3n) is 4.93. The van der Waals surface area contributed by atoms with Crippen LogP contribution in [0.3, 0.4) is 0 Å². The first-order valence-electron chi connectivity index (χ1n) is 7.63. The van der Waals surface area contributed by atoms with Crippen LogP contribution in [0.5, 0.6) is 0 Å². The number of aromatic nitrogens is 2. The second-order valence-corrected chi connectivity index (χ2v) is 7.25. The fourth-order valence-electron chi connectivity index (χ4n) is 4.02. The van der Waals surface area contributed by atoms with Crippen LogP contribution in [0.25, 0.3) is 11.0 Å². The second-order valence-electron chi connectivity index (χ2n) is 6.24. The van der Waals surface area contributed by atoms with E-state index in [0.29, 0.717) is 10.6 Å². The van der Waals surface area contributed by atoms with E-state index in [1.54, 1.807) is 6.08 Å². The molecule has 1 N–H and O–H groups in total. The molecule has 6 heteroatoms. The summed E-state index contributed by atoms with van der Waals surface area (Å²) < 4.78 is 17.3. The van der Waals surface area contributed by atoms with Crippen molar-refractivity contribution < 1.29 is 4.39 Å². The van der Waals surface area contributed by atoms with E-state index in [1.165, 1.54) is 0 Å². The first-order chi connectivity index (χ1) is 11.1. The SMILES string of the molecule is FC1(Cl)CC=CC2=C1[C@H]1C[C@@H](NC2=S)c2nc3ccccc3n21. The third-order valence-corrected chi connectivity index (χ3v) is 5.63. The molecule has 2 bridgehead atoms. The molecule has 1 unspecified atom stereocenters. The van der Waals surface area contributed by atoms with Gasteiger partial charge < -0.3 is 9.88 Å². The Kier molecular flexibility index (Phi) is 2.63. The van der Waals surface area contributed by atoms with Gasteiger partial charge in [-0.1, -0.05) is 48.1 Å². The van der Waals surface area contributed by atoms with E-state index in [9.17, 15) is 0 Å². The van der Waals surface area contributed by atoms with E-state index in [2.05, 4.69) is 9.88 Å². The summed E-state index contributed by atoms with van der Waals surface area (Å²) in [7, 11) is 0. The molecule has 0 saturated heterocycles. The average Bonchev–Trinajstić information content (AvgIpc) is 2.99. The minimum atomic E-state index is -1.90. The number of benzene rings is 1. The Bertz CT molecular complexity index is 927. The highest BCUT2D eigenvalue weighted by atomic mass is 35.5. The van der Waals surface area contributed by atoms with Crippen molar-refractivity contribution in [1.82, 2.24) is 14.9 Å². The van der Waals surface area contributed by atoms with Gasteiger partial charge in [0.1, 0.15) is 10.8 Å². The minimum Gasteiger partial charge on any atom is -0.366 e. The Hall–Kier alpha value is -1.72. The zero-order valence-corrected chi connectivity index (χ0v) is 13.7. The number of fused-ring (bicyclic) bond motifs is 8. The molecule has 5 rings (SSSR count). The maximum atomic E-state index is 15.2. The molecule has 1 aliphatic carbocycles. The van der Waals surface area contributed by atoms with Crippen molar-refractivity contribution >= 4 is 39.8 Å². The second kappa shape index (κ2) is 4.42. The van der Waals surface area contributed by atoms with Crippen molar-refractivity contribution in [3.63, 3.8) is 0 Å². The van der Waals surface area contributed by atoms with Crippen molar-refractivity contribution in [2.45, 2.75) is 30.1 Å². The highest BCUT2D eigenvalue weighted by Gasteiger charge is 2.48. The lowest BCUT2D eigenvalue weighted by molar-refractivity contribution is 0.300. The molecular weight excluding hydrogens is 333 g/mol. The predicted molar refractivity (Wildman–Crippen MR) is 92.3 cm³/mol. The van der Waals surface area contributed by atoms with Crippen LogP contribution in [0, 0.1) is 0 Å². The maximum Gasteiger partial charge on any atom is 0.211 e. The smallest absolute Gasteiger partial charge is 0.211 e. The summed E-state index contributed by atoms with van der Waals surface area (Å²) in [5.41, 5.74) is 3.22. The normalized spacial score (nSPS) is 31.8. The molecule has 0 radical (unpaired) electrons. The van der Waals surface area contributed by atoms with E-state index in [1.807, 2.05) is 30.3 Å². The molecule has 23 heavy (non-hydrogen) atoms. The van der Waals surface area contributed by atoms with Crippen molar-refractivity contribution in [3.8, 4) is 0 Å². The molecule has 2 aliphatic heterocycles. The summed E-state index contributed by atoms with van der Waals surface area (Å²) in [5.74, 6) is 0.909. The number of halogens is 2. The molecule has 116 valence electrons. The molecule has 0 amide bonds. The maximum absolute atomic E-state index is 15.2. The van der Waals surface area contributed by atoms with Gasteiger partial charge in [0.2, 0.25) is 5.13 Å². The van der Waals surface area contributed by atoms with Gasteiger partial charge in [-0.25, -0.2) is 9.37 Å². The van der Waals surface area contributed by atoms with E-state index in [4.69, 9.17) is 28.8 Å². The van der Waals surface area contributed by atoms with Crippen LogP contribution in [0.4, 0.5) is 4.39 Å². The lowest BCUT2D eigenvalue weighted by Gasteiger charge is -2.31. The van der Waals surface area contributed by atoms with Crippen molar-refractivity contribution in [3.05, 3.63) is 53.4 Å². The summed E-state index contributed by atoms with van der Waals surface area (Å²) >= 11 is 11.7. The topological polar surface area (TPSA) is 29.9 Å². The van der Waals surface area contributed by atoms with Gasteiger partial charge in [-0.2, -0.15) is 0 Å². The number of rotatable bonds is 0. The Morgan fingerprint density at radius 1 is 1.39 bits per heavy atom. The summed E-state index contributed by atoms with van der Waals surface area (Å²) in [6.45, 7) is 0. The highest BCUT2D eigenvalue weighted by Crippen LogP contribution is 2.51. The number of thiocarbonyl (C=S) groups is 1. The fraction of sp³-hybridized carbons (Fsp3) is 0.294. The number of allylic oxidation sites excluding steroid dienone is 2. The predicted octanol–water partition coefficient (Wildman–Crippen LogP) is 4.11. The van der Waals surface area contributed by atoms with E-state index in [-0.39, 0.29) is 18.5 Å². The molecule has 3 atom stereocenters. The van der Waals surface area contributed by atoms with Gasteiger partial charge in [0.25, 0.3) is 0 Å². The van der Waals surface area contributed by atoms with Gasteiger partial charge in [-0.05, 0) is 18.6 Å². The van der Waals surface area contributed by atoms with Crippen LogP contribution in [-0.2, 0) is 0 Å². The van der Waals surface area contributed by atoms with Gasteiger partial charge in [0.05, 0.1) is 23.1 Å². The van der Waals surface area contributed by atoms with Gasteiger partial charge in [0.15, 0.2) is 0 Å². The Balaban J connectivity index is 1.83. The van der Waals surface area contributed by atoms with Crippen LogP contribution in [-0.4, -0.2) is 19.7 Å². The van der Waals surface area contributed by atoms with E-state index in [0.717, 1.165) is 28.9 Å². The average molecular weight is 346 g/mol. The molecule has 3 nitrogen and oxygen atoms in total. The number of imidazole rings is 1. The number of nitrogens with one attached hydrogen (secondary N) is 1. The summed E-state index contributed by atoms with van der Waals surface area (Å²) in [6.07, 6.45) is 4.54. The van der Waals surface area contributed by atoms with Crippen LogP contribution in [0.15, 0.2) is 47.6 Å². The molecule has 0 spiro atoms. The zero-order chi connectivity index (χ0) is 15.8. The van der Waals surface area contributed by atoms with Crippen LogP contribution in [0.2, 0.25) is 0 Å². The van der Waals surface area contributed by atoms with Gasteiger partial charge in [-0.3, -0.25) is 0 Å². The number of hydrogen-bond donors (Lipinski definition) is 1. The third kappa shape index (κ3) is 1.75. The first kappa shape index (κ1) is 13.7. The largest absolute Gasteiger partial charge is 0.366 e. The van der Waals surface area contributed by atoms with Crippen LogP contribution >= 0.6 is 23.8 Å². The quantitative estimate of drug-likeness (QED) is 0.575. The number of para-hydroxylation sites is 2. The molecule has 0 saturated carbocycles. The molecule has 1 aromatic heterocycles. The van der Waals surface area contributed by atoms with Crippen molar-refractivity contribution in [2.24, 2.45) is 0 Å². The lowest BCUT2D eigenvalue weighted by atomic mass is 9.89. The molecule has 1 aromatic carbocycles. The Morgan fingerprint density at radius 2 is 2.22 bits per heavy atom. The van der Waals surface area contributed by atoms with Gasteiger partial charge in [0, 0.05) is 17.6 Å². The van der Waals surface area contributed by atoms with Gasteiger partial charge >= 0.3 is 0 Å². The summed E-state index contributed by atoms with van der Waals surface area (Å²) in [6, 6.07) is 7.77. The monoisotopic (exact) mass is 345 g/mol. The van der Waals surface area contributed by atoms with E-state index >= 15 is 4.39 Å². The molecule has 2 aromatic rings. The Morgan fingerprint density at radius 3 is 3.09 bits per heavy atom. The van der Waals surface area contributed by atoms with Crippen LogP contribution < -0.4 is 5.32 Å². The highest BCUT2D eigenvalue weighted by molar-refractivity contribution is 7.80.